The number of fused-ring (bicyclic) bond motifs is 8. The smallest absolute Gasteiger partial charge is 0.251 e. The molecule has 4 aliphatic heterocycles. The normalized spacial score (nSPS) is 28.1. The van der Waals surface area contributed by atoms with Crippen molar-refractivity contribution in [3.05, 3.63) is 107 Å². The molecule has 6 nitrogen and oxygen atoms in total. The summed E-state index contributed by atoms with van der Waals surface area (Å²) in [5.74, 6) is -1.32. The van der Waals surface area contributed by atoms with Crippen LogP contribution in [0.4, 0.5) is 11.4 Å². The molecule has 0 aromatic heterocycles. The highest BCUT2D eigenvalue weighted by Crippen LogP contribution is 2.68. The Morgan fingerprint density at radius 2 is 1.62 bits per heavy atom. The number of hydrogen-bond donors (Lipinski definition) is 2. The molecule has 6 heteroatoms. The van der Waals surface area contributed by atoms with Crippen LogP contribution in [0.2, 0.25) is 0 Å². The highest BCUT2D eigenvalue weighted by molar-refractivity contribution is 6.21. The number of anilines is 2. The van der Waals surface area contributed by atoms with Crippen molar-refractivity contribution in [1.29, 1.82) is 0 Å². The van der Waals surface area contributed by atoms with Crippen molar-refractivity contribution in [3.8, 4) is 0 Å². The van der Waals surface area contributed by atoms with Gasteiger partial charge in [-0.05, 0) is 72.8 Å². The predicted molar refractivity (Wildman–Crippen MR) is 154 cm³/mol. The third-order valence-electron chi connectivity index (χ3n) is 10.1. The molecule has 0 aliphatic carbocycles. The van der Waals surface area contributed by atoms with Gasteiger partial charge in [0.1, 0.15) is 11.0 Å². The summed E-state index contributed by atoms with van der Waals surface area (Å²) in [6, 6.07) is 25.1. The van der Waals surface area contributed by atoms with E-state index in [0.717, 1.165) is 51.6 Å². The Bertz CT molecular complexity index is 1810. The van der Waals surface area contributed by atoms with E-state index in [4.69, 9.17) is 0 Å². The molecule has 4 aromatic rings. The Kier molecular flexibility index (Phi) is 4.65. The van der Waals surface area contributed by atoms with Crippen LogP contribution in [-0.4, -0.2) is 35.1 Å². The third-order valence-corrected chi connectivity index (χ3v) is 10.1. The monoisotopic (exact) mass is 527 g/mol. The number of nitrogens with zero attached hydrogens (tertiary/aromatic N) is 1. The van der Waals surface area contributed by atoms with E-state index in [1.54, 1.807) is 0 Å². The molecular weight excluding hydrogens is 498 g/mol. The first-order valence-corrected chi connectivity index (χ1v) is 14.0. The SMILES string of the molecule is Cc1ccc2c(c1C)NC(=O)[C@]21N2CCC[C@@H]2[C@@H](C(=O)c2ccc3ccccc3c2)[C@@]12C(=O)Nc1ccccc12. The fourth-order valence-corrected chi connectivity index (χ4v) is 8.42. The van der Waals surface area contributed by atoms with Crippen LogP contribution in [0.15, 0.2) is 78.9 Å². The maximum Gasteiger partial charge on any atom is 0.251 e. The molecular formula is C34H29N3O3. The van der Waals surface area contributed by atoms with Crippen LogP contribution < -0.4 is 10.6 Å². The molecule has 2 spiro atoms. The van der Waals surface area contributed by atoms with Gasteiger partial charge in [0.05, 0.1) is 5.92 Å². The molecule has 4 heterocycles. The fourth-order valence-electron chi connectivity index (χ4n) is 8.42. The molecule has 2 amide bonds. The number of rotatable bonds is 2. The predicted octanol–water partition coefficient (Wildman–Crippen LogP) is 5.47. The second-order valence-corrected chi connectivity index (χ2v) is 11.7. The molecule has 0 bridgehead atoms. The minimum Gasteiger partial charge on any atom is -0.325 e. The van der Waals surface area contributed by atoms with Gasteiger partial charge in [-0.1, -0.05) is 66.7 Å². The number of nitrogens with one attached hydrogen (secondary N) is 2. The lowest BCUT2D eigenvalue weighted by Crippen LogP contribution is -2.62. The Labute approximate surface area is 232 Å². The summed E-state index contributed by atoms with van der Waals surface area (Å²) in [4.78, 5) is 46.4. The van der Waals surface area contributed by atoms with Gasteiger partial charge in [0.15, 0.2) is 5.78 Å². The molecule has 4 aliphatic rings. The average molecular weight is 528 g/mol. The van der Waals surface area contributed by atoms with Crippen LogP contribution in [0.5, 0.6) is 0 Å². The Morgan fingerprint density at radius 1 is 0.850 bits per heavy atom. The van der Waals surface area contributed by atoms with E-state index in [1.807, 2.05) is 92.7 Å². The van der Waals surface area contributed by atoms with Gasteiger partial charge >= 0.3 is 0 Å². The van der Waals surface area contributed by atoms with Crippen molar-refractivity contribution in [1.82, 2.24) is 4.90 Å². The van der Waals surface area contributed by atoms with Gasteiger partial charge in [-0.3, -0.25) is 19.3 Å². The fraction of sp³-hybridized carbons (Fsp3) is 0.265. The first kappa shape index (κ1) is 23.6. The quantitative estimate of drug-likeness (QED) is 0.339. The van der Waals surface area contributed by atoms with Crippen LogP contribution in [0.1, 0.15) is 45.5 Å². The summed E-state index contributed by atoms with van der Waals surface area (Å²) in [6.07, 6.45) is 1.61. The van der Waals surface area contributed by atoms with Crippen molar-refractivity contribution in [2.45, 2.75) is 43.7 Å². The second-order valence-electron chi connectivity index (χ2n) is 11.7. The van der Waals surface area contributed by atoms with E-state index in [9.17, 15) is 14.4 Å². The number of ketones is 1. The van der Waals surface area contributed by atoms with Gasteiger partial charge in [-0.15, -0.1) is 0 Å². The zero-order valence-electron chi connectivity index (χ0n) is 22.5. The molecule has 0 saturated carbocycles. The first-order valence-electron chi connectivity index (χ1n) is 14.0. The van der Waals surface area contributed by atoms with E-state index in [2.05, 4.69) is 15.5 Å². The number of hydrogen-bond acceptors (Lipinski definition) is 4. The van der Waals surface area contributed by atoms with E-state index in [1.165, 1.54) is 0 Å². The van der Waals surface area contributed by atoms with Crippen molar-refractivity contribution in [2.75, 3.05) is 17.2 Å². The largest absolute Gasteiger partial charge is 0.325 e. The standard InChI is InChI=1S/C34H29N3O3/c1-19-13-16-25-29(20(19)2)36-32(40)34(25)33(24-10-5-6-11-26(24)35-31(33)39)28(27-12-7-17-37(27)34)30(38)23-15-14-21-8-3-4-9-22(21)18-23/h3-6,8-11,13-16,18,27-28H,7,12,17H2,1-2H3,(H,35,39)(H,36,40)/t27-,28+,33+,34-/m1/s1. The van der Waals surface area contributed by atoms with Crippen molar-refractivity contribution >= 4 is 39.7 Å². The Hall–Kier alpha value is -4.29. The van der Waals surface area contributed by atoms with Crippen molar-refractivity contribution in [2.24, 2.45) is 5.92 Å². The summed E-state index contributed by atoms with van der Waals surface area (Å²) in [6.45, 7) is 4.68. The molecule has 198 valence electrons. The molecule has 2 N–H and O–H groups in total. The molecule has 2 fully saturated rings. The number of Topliss-reactive ketones (excluding diaryl/α,β-unsaturated/α-hetero) is 1. The van der Waals surface area contributed by atoms with Crippen LogP contribution >= 0.6 is 0 Å². The zero-order valence-corrected chi connectivity index (χ0v) is 22.5. The van der Waals surface area contributed by atoms with Crippen LogP contribution in [0, 0.1) is 19.8 Å². The molecule has 2 saturated heterocycles. The summed E-state index contributed by atoms with van der Waals surface area (Å²) in [7, 11) is 0. The number of amides is 2. The number of carbonyl (C=O) groups excluding carboxylic acids is 3. The molecule has 4 aromatic carbocycles. The molecule has 8 rings (SSSR count). The summed E-state index contributed by atoms with van der Waals surface area (Å²) < 4.78 is 0. The molecule has 40 heavy (non-hydrogen) atoms. The first-order chi connectivity index (χ1) is 19.4. The highest BCUT2D eigenvalue weighted by Gasteiger charge is 2.81. The van der Waals surface area contributed by atoms with Crippen LogP contribution in [-0.2, 0) is 20.5 Å². The van der Waals surface area contributed by atoms with E-state index in [0.29, 0.717) is 17.8 Å². The maximum atomic E-state index is 14.9. The second kappa shape index (κ2) is 7.89. The third kappa shape index (κ3) is 2.56. The molecule has 0 unspecified atom stereocenters. The van der Waals surface area contributed by atoms with Gasteiger partial charge in [-0.25, -0.2) is 0 Å². The lowest BCUT2D eigenvalue weighted by atomic mass is 9.57. The van der Waals surface area contributed by atoms with E-state index >= 15 is 0 Å². The van der Waals surface area contributed by atoms with E-state index < -0.39 is 16.9 Å². The summed E-state index contributed by atoms with van der Waals surface area (Å²) in [5.41, 5.74) is 2.85. The number of benzene rings is 4. The van der Waals surface area contributed by atoms with Gasteiger partial charge < -0.3 is 10.6 Å². The maximum absolute atomic E-state index is 14.9. The Balaban J connectivity index is 1.46. The van der Waals surface area contributed by atoms with Gasteiger partial charge in [0, 0.05) is 28.5 Å². The summed E-state index contributed by atoms with van der Waals surface area (Å²) >= 11 is 0. The van der Waals surface area contributed by atoms with Crippen molar-refractivity contribution in [3.63, 3.8) is 0 Å². The topological polar surface area (TPSA) is 78.5 Å². The van der Waals surface area contributed by atoms with Gasteiger partial charge in [0.25, 0.3) is 5.91 Å². The highest BCUT2D eigenvalue weighted by atomic mass is 16.2. The minimum atomic E-state index is -1.42. The number of para-hydroxylation sites is 1. The van der Waals surface area contributed by atoms with Gasteiger partial charge in [-0.2, -0.15) is 0 Å². The van der Waals surface area contributed by atoms with Crippen LogP contribution in [0.3, 0.4) is 0 Å². The van der Waals surface area contributed by atoms with Crippen LogP contribution in [0.25, 0.3) is 10.8 Å². The minimum absolute atomic E-state index is 0.0866. The van der Waals surface area contributed by atoms with Crippen molar-refractivity contribution < 1.29 is 14.4 Å². The number of carbonyl (C=O) groups is 3. The lowest BCUT2D eigenvalue weighted by molar-refractivity contribution is -0.137. The molecule has 4 atom stereocenters. The van der Waals surface area contributed by atoms with E-state index in [-0.39, 0.29) is 23.6 Å². The Morgan fingerprint density at radius 3 is 2.48 bits per heavy atom. The average Bonchev–Trinajstić information content (AvgIpc) is 3.69. The summed E-state index contributed by atoms with van der Waals surface area (Å²) in [5, 5.41) is 8.35. The van der Waals surface area contributed by atoms with Gasteiger partial charge in [0.2, 0.25) is 5.91 Å². The molecule has 0 radical (unpaired) electrons. The number of aryl methyl sites for hydroxylation is 1. The zero-order chi connectivity index (χ0) is 27.4. The lowest BCUT2D eigenvalue weighted by Gasteiger charge is -2.43.